The van der Waals surface area contributed by atoms with Gasteiger partial charge in [0.2, 0.25) is 0 Å². The summed E-state index contributed by atoms with van der Waals surface area (Å²) in [6, 6.07) is 16.5. The summed E-state index contributed by atoms with van der Waals surface area (Å²) in [5.74, 6) is -0.294. The van der Waals surface area contributed by atoms with E-state index in [0.29, 0.717) is 17.9 Å². The summed E-state index contributed by atoms with van der Waals surface area (Å²) in [4.78, 5) is 14.2. The molecule has 1 saturated heterocycles. The Labute approximate surface area is 135 Å². The van der Waals surface area contributed by atoms with Crippen molar-refractivity contribution in [2.75, 3.05) is 26.2 Å². The molecular formula is C18H19N3O2. The molecule has 2 aromatic carbocycles. The van der Waals surface area contributed by atoms with E-state index in [2.05, 4.69) is 15.1 Å². The van der Waals surface area contributed by atoms with E-state index in [0.717, 1.165) is 25.3 Å². The number of nitrogens with zero attached hydrogens (tertiary/aromatic N) is 3. The fraction of sp³-hybridized carbons (Fsp3) is 0.278. The first-order chi connectivity index (χ1) is 11.3. The van der Waals surface area contributed by atoms with Gasteiger partial charge in [-0.3, -0.25) is 4.90 Å². The number of azo groups is 1. The van der Waals surface area contributed by atoms with Gasteiger partial charge >= 0.3 is 5.97 Å². The first-order valence-electron chi connectivity index (χ1n) is 7.77. The van der Waals surface area contributed by atoms with Gasteiger partial charge in [0.15, 0.2) is 0 Å². The van der Waals surface area contributed by atoms with Crippen molar-refractivity contribution in [3.63, 3.8) is 0 Å². The largest absolute Gasteiger partial charge is 0.461 e. The number of carbonyl (C=O) groups excluding carboxylic acids is 1. The molecule has 5 heteroatoms. The van der Waals surface area contributed by atoms with Crippen LogP contribution in [0.15, 0.2) is 64.8 Å². The summed E-state index contributed by atoms with van der Waals surface area (Å²) in [5.41, 5.74) is 2.03. The van der Waals surface area contributed by atoms with Crippen molar-refractivity contribution in [2.24, 2.45) is 10.2 Å². The fourth-order valence-electron chi connectivity index (χ4n) is 2.23. The van der Waals surface area contributed by atoms with Crippen LogP contribution >= 0.6 is 0 Å². The first kappa shape index (κ1) is 15.4. The van der Waals surface area contributed by atoms with Crippen molar-refractivity contribution < 1.29 is 9.53 Å². The standard InChI is InChI=1S/C18H19N3O2/c22-18(23-14-13-21-11-4-12-21)15-7-9-17(10-8-15)20-19-16-5-2-1-3-6-16/h1-3,5-10H,4,11-14H2. The Morgan fingerprint density at radius 1 is 0.957 bits per heavy atom. The van der Waals surface area contributed by atoms with Crippen LogP contribution in [0.4, 0.5) is 11.4 Å². The molecule has 0 unspecified atom stereocenters. The van der Waals surface area contributed by atoms with E-state index in [1.807, 2.05) is 30.3 Å². The van der Waals surface area contributed by atoms with E-state index >= 15 is 0 Å². The maximum absolute atomic E-state index is 11.9. The molecule has 118 valence electrons. The predicted octanol–water partition coefficient (Wildman–Crippen LogP) is 3.96. The van der Waals surface area contributed by atoms with E-state index in [9.17, 15) is 4.79 Å². The van der Waals surface area contributed by atoms with E-state index in [1.54, 1.807) is 24.3 Å². The number of hydrogen-bond donors (Lipinski definition) is 0. The zero-order valence-corrected chi connectivity index (χ0v) is 12.9. The summed E-state index contributed by atoms with van der Waals surface area (Å²) in [6.45, 7) is 3.47. The van der Waals surface area contributed by atoms with Crippen LogP contribution in [0.1, 0.15) is 16.8 Å². The molecule has 1 fully saturated rings. The van der Waals surface area contributed by atoms with E-state index in [4.69, 9.17) is 4.74 Å². The summed E-state index contributed by atoms with van der Waals surface area (Å²) >= 11 is 0. The zero-order valence-electron chi connectivity index (χ0n) is 12.9. The second-order valence-electron chi connectivity index (χ2n) is 5.41. The molecule has 1 heterocycles. The number of likely N-dealkylation sites (tertiary alicyclic amines) is 1. The fourth-order valence-corrected chi connectivity index (χ4v) is 2.23. The lowest BCUT2D eigenvalue weighted by molar-refractivity contribution is 0.0423. The molecule has 0 saturated carbocycles. The lowest BCUT2D eigenvalue weighted by atomic mass is 10.2. The Morgan fingerprint density at radius 2 is 1.61 bits per heavy atom. The molecule has 0 atom stereocenters. The third kappa shape index (κ3) is 4.47. The molecule has 0 bridgehead atoms. The van der Waals surface area contributed by atoms with Crippen LogP contribution in [-0.4, -0.2) is 37.1 Å². The van der Waals surface area contributed by atoms with Crippen LogP contribution in [0.5, 0.6) is 0 Å². The molecule has 1 aliphatic heterocycles. The van der Waals surface area contributed by atoms with Crippen LogP contribution in [-0.2, 0) is 4.74 Å². The SMILES string of the molecule is O=C(OCCN1CCC1)c1ccc(N=Nc2ccccc2)cc1. The van der Waals surface area contributed by atoms with Gasteiger partial charge in [-0.2, -0.15) is 10.2 Å². The molecule has 0 spiro atoms. The maximum Gasteiger partial charge on any atom is 0.338 e. The second-order valence-corrected chi connectivity index (χ2v) is 5.41. The van der Waals surface area contributed by atoms with Crippen molar-refractivity contribution in [3.8, 4) is 0 Å². The Morgan fingerprint density at radius 3 is 2.22 bits per heavy atom. The van der Waals surface area contributed by atoms with Crippen LogP contribution in [0.3, 0.4) is 0 Å². The Balaban J connectivity index is 1.51. The quantitative estimate of drug-likeness (QED) is 0.599. The van der Waals surface area contributed by atoms with E-state index in [1.165, 1.54) is 6.42 Å². The molecule has 3 rings (SSSR count). The van der Waals surface area contributed by atoms with Gasteiger partial charge in [-0.05, 0) is 55.9 Å². The number of hydrogen-bond acceptors (Lipinski definition) is 5. The summed E-state index contributed by atoms with van der Waals surface area (Å²) < 4.78 is 5.27. The Kier molecular flexibility index (Phi) is 5.11. The number of benzene rings is 2. The minimum Gasteiger partial charge on any atom is -0.461 e. The van der Waals surface area contributed by atoms with Crippen LogP contribution in [0.2, 0.25) is 0 Å². The highest BCUT2D eigenvalue weighted by molar-refractivity contribution is 5.89. The average molecular weight is 309 g/mol. The summed E-state index contributed by atoms with van der Waals surface area (Å²) in [5, 5.41) is 8.29. The normalized spacial score (nSPS) is 14.6. The molecule has 0 aliphatic carbocycles. The predicted molar refractivity (Wildman–Crippen MR) is 88.4 cm³/mol. The summed E-state index contributed by atoms with van der Waals surface area (Å²) in [6.07, 6.45) is 1.24. The van der Waals surface area contributed by atoms with Crippen LogP contribution < -0.4 is 0 Å². The van der Waals surface area contributed by atoms with Crippen molar-refractivity contribution in [3.05, 3.63) is 60.2 Å². The molecule has 2 aromatic rings. The van der Waals surface area contributed by atoms with Gasteiger partial charge in [0.25, 0.3) is 0 Å². The lowest BCUT2D eigenvalue weighted by Crippen LogP contribution is -2.39. The minimum absolute atomic E-state index is 0.294. The van der Waals surface area contributed by atoms with E-state index < -0.39 is 0 Å². The highest BCUT2D eigenvalue weighted by atomic mass is 16.5. The van der Waals surface area contributed by atoms with Gasteiger partial charge < -0.3 is 4.74 Å². The molecule has 0 N–H and O–H groups in total. The van der Waals surface area contributed by atoms with Gasteiger partial charge in [0.05, 0.1) is 16.9 Å². The Bertz CT molecular complexity index is 664. The van der Waals surface area contributed by atoms with Crippen molar-refractivity contribution in [2.45, 2.75) is 6.42 Å². The van der Waals surface area contributed by atoms with Gasteiger partial charge in [0, 0.05) is 6.54 Å². The first-order valence-corrected chi connectivity index (χ1v) is 7.77. The number of ether oxygens (including phenoxy) is 1. The molecular weight excluding hydrogens is 290 g/mol. The molecule has 0 aromatic heterocycles. The molecule has 5 nitrogen and oxygen atoms in total. The number of rotatable bonds is 6. The maximum atomic E-state index is 11.9. The molecule has 23 heavy (non-hydrogen) atoms. The number of carbonyl (C=O) groups is 1. The minimum atomic E-state index is -0.294. The third-order valence-corrected chi connectivity index (χ3v) is 3.73. The van der Waals surface area contributed by atoms with Gasteiger partial charge in [-0.25, -0.2) is 4.79 Å². The Hall–Kier alpha value is -2.53. The van der Waals surface area contributed by atoms with Crippen molar-refractivity contribution in [1.82, 2.24) is 4.90 Å². The van der Waals surface area contributed by atoms with Gasteiger partial charge in [-0.15, -0.1) is 0 Å². The zero-order chi connectivity index (χ0) is 15.9. The monoisotopic (exact) mass is 309 g/mol. The lowest BCUT2D eigenvalue weighted by Gasteiger charge is -2.30. The van der Waals surface area contributed by atoms with Gasteiger partial charge in [-0.1, -0.05) is 18.2 Å². The van der Waals surface area contributed by atoms with Crippen molar-refractivity contribution in [1.29, 1.82) is 0 Å². The highest BCUT2D eigenvalue weighted by Gasteiger charge is 2.14. The smallest absolute Gasteiger partial charge is 0.338 e. The molecule has 1 aliphatic rings. The van der Waals surface area contributed by atoms with Crippen LogP contribution in [0, 0.1) is 0 Å². The third-order valence-electron chi connectivity index (χ3n) is 3.73. The highest BCUT2D eigenvalue weighted by Crippen LogP contribution is 2.18. The molecule has 0 radical (unpaired) electrons. The van der Waals surface area contributed by atoms with Crippen molar-refractivity contribution >= 4 is 17.3 Å². The van der Waals surface area contributed by atoms with E-state index in [-0.39, 0.29) is 5.97 Å². The topological polar surface area (TPSA) is 54.3 Å². The van der Waals surface area contributed by atoms with Gasteiger partial charge in [0.1, 0.15) is 6.61 Å². The second kappa shape index (κ2) is 7.65. The summed E-state index contributed by atoms with van der Waals surface area (Å²) in [7, 11) is 0. The number of esters is 1. The van der Waals surface area contributed by atoms with Crippen LogP contribution in [0.25, 0.3) is 0 Å². The average Bonchev–Trinajstić information content (AvgIpc) is 2.56. The molecule has 0 amide bonds.